The summed E-state index contributed by atoms with van der Waals surface area (Å²) in [7, 11) is 0. The monoisotopic (exact) mass is 947 g/mol. The average molecular weight is 948 g/mol. The van der Waals surface area contributed by atoms with Crippen LogP contribution in [0.3, 0.4) is 0 Å². The lowest BCUT2D eigenvalue weighted by atomic mass is 10.1. The highest BCUT2D eigenvalue weighted by molar-refractivity contribution is 5.71. The van der Waals surface area contributed by atoms with Gasteiger partial charge in [0.1, 0.15) is 13.2 Å². The summed E-state index contributed by atoms with van der Waals surface area (Å²) in [6, 6.07) is 0. The standard InChI is InChI=1S/C62H106O6/c1-4-7-10-13-16-19-22-25-28-30-32-34-37-40-43-46-49-52-55-61(64)67-58-59(57-66-60(63)54-51-48-45-42-39-36-33-27-24-21-18-15-12-9-6-3)68-62(65)56-53-50-47-44-41-38-35-31-29-26-23-20-17-14-11-8-5-2/h18,21,24,26-30,32,34-35,38,44,47,59H,4-17,19-20,22-23,25,31,33,36-37,39-43,45-46,48-58H2,1-3H3/b21-18-,27-24-,29-26-,30-28-,34-32-,38-35-,47-44-. The largest absolute Gasteiger partial charge is 0.462 e. The van der Waals surface area contributed by atoms with Gasteiger partial charge < -0.3 is 14.2 Å². The molecule has 0 fully saturated rings. The fraction of sp³-hybridized carbons (Fsp3) is 0.726. The lowest BCUT2D eigenvalue weighted by Gasteiger charge is -2.18. The number of carbonyl (C=O) groups excluding carboxylic acids is 3. The molecular weight excluding hydrogens is 841 g/mol. The van der Waals surface area contributed by atoms with Crippen molar-refractivity contribution in [3.05, 3.63) is 85.1 Å². The maximum absolute atomic E-state index is 12.8. The van der Waals surface area contributed by atoms with E-state index in [1.807, 2.05) is 0 Å². The summed E-state index contributed by atoms with van der Waals surface area (Å²) in [6.45, 7) is 6.54. The molecule has 0 amide bonds. The highest BCUT2D eigenvalue weighted by Gasteiger charge is 2.19. The Morgan fingerprint density at radius 3 is 0.985 bits per heavy atom. The molecule has 0 radical (unpaired) electrons. The summed E-state index contributed by atoms with van der Waals surface area (Å²) >= 11 is 0. The topological polar surface area (TPSA) is 78.9 Å². The molecule has 6 nitrogen and oxygen atoms in total. The summed E-state index contributed by atoms with van der Waals surface area (Å²) in [5.74, 6) is -0.983. The third kappa shape index (κ3) is 53.5. The Kier molecular flexibility index (Phi) is 53.4. The van der Waals surface area contributed by atoms with E-state index < -0.39 is 6.10 Å². The average Bonchev–Trinajstić information content (AvgIpc) is 3.34. The Hall–Kier alpha value is -3.41. The summed E-state index contributed by atoms with van der Waals surface area (Å²) in [5.41, 5.74) is 0. The lowest BCUT2D eigenvalue weighted by molar-refractivity contribution is -0.167. The molecule has 0 aromatic rings. The fourth-order valence-electron chi connectivity index (χ4n) is 7.79. The summed E-state index contributed by atoms with van der Waals surface area (Å²) in [4.78, 5) is 38.1. The minimum atomic E-state index is -0.815. The van der Waals surface area contributed by atoms with Gasteiger partial charge in [-0.15, -0.1) is 0 Å². The molecule has 0 aliphatic rings. The van der Waals surface area contributed by atoms with Crippen LogP contribution in [0.25, 0.3) is 0 Å². The van der Waals surface area contributed by atoms with Gasteiger partial charge in [0.05, 0.1) is 0 Å². The molecule has 0 aliphatic carbocycles. The van der Waals surface area contributed by atoms with Crippen LogP contribution in [0.1, 0.15) is 271 Å². The van der Waals surface area contributed by atoms with Crippen LogP contribution in [0.15, 0.2) is 85.1 Å². The number of carbonyl (C=O) groups is 3. The van der Waals surface area contributed by atoms with Gasteiger partial charge in [-0.3, -0.25) is 14.4 Å². The fourth-order valence-corrected chi connectivity index (χ4v) is 7.79. The summed E-state index contributed by atoms with van der Waals surface area (Å²) < 4.78 is 16.8. The van der Waals surface area contributed by atoms with Crippen molar-refractivity contribution in [1.82, 2.24) is 0 Å². The Bertz CT molecular complexity index is 1320. The molecule has 0 saturated heterocycles. The van der Waals surface area contributed by atoms with Crippen LogP contribution in [0.2, 0.25) is 0 Å². The lowest BCUT2D eigenvalue weighted by Crippen LogP contribution is -2.30. The second-order valence-corrected chi connectivity index (χ2v) is 18.9. The molecule has 6 heteroatoms. The minimum absolute atomic E-state index is 0.108. The molecule has 0 aliphatic heterocycles. The molecule has 1 atom stereocenters. The van der Waals surface area contributed by atoms with Gasteiger partial charge >= 0.3 is 17.9 Å². The molecule has 0 rings (SSSR count). The van der Waals surface area contributed by atoms with Gasteiger partial charge in [-0.05, 0) is 103 Å². The highest BCUT2D eigenvalue weighted by atomic mass is 16.6. The van der Waals surface area contributed by atoms with Crippen LogP contribution < -0.4 is 0 Å². The predicted octanol–water partition coefficient (Wildman–Crippen LogP) is 19.2. The van der Waals surface area contributed by atoms with Crippen molar-refractivity contribution in [3.63, 3.8) is 0 Å². The summed E-state index contributed by atoms with van der Waals surface area (Å²) in [6.07, 6.45) is 72.9. The Morgan fingerprint density at radius 1 is 0.309 bits per heavy atom. The first-order valence-corrected chi connectivity index (χ1v) is 28.6. The van der Waals surface area contributed by atoms with Crippen LogP contribution in [-0.4, -0.2) is 37.2 Å². The van der Waals surface area contributed by atoms with Crippen molar-refractivity contribution < 1.29 is 28.6 Å². The molecule has 0 aromatic carbocycles. The van der Waals surface area contributed by atoms with E-state index in [1.165, 1.54) is 141 Å². The first-order chi connectivity index (χ1) is 33.5. The van der Waals surface area contributed by atoms with E-state index in [-0.39, 0.29) is 37.5 Å². The highest BCUT2D eigenvalue weighted by Crippen LogP contribution is 2.14. The normalized spacial score (nSPS) is 12.7. The van der Waals surface area contributed by atoms with Crippen LogP contribution in [0, 0.1) is 0 Å². The predicted molar refractivity (Wildman–Crippen MR) is 293 cm³/mol. The van der Waals surface area contributed by atoms with Crippen LogP contribution >= 0.6 is 0 Å². The maximum Gasteiger partial charge on any atom is 0.306 e. The molecule has 0 N–H and O–H groups in total. The van der Waals surface area contributed by atoms with E-state index in [2.05, 4.69) is 106 Å². The second-order valence-electron chi connectivity index (χ2n) is 18.9. The Labute approximate surface area is 420 Å². The van der Waals surface area contributed by atoms with E-state index in [0.717, 1.165) is 83.5 Å². The van der Waals surface area contributed by atoms with Crippen molar-refractivity contribution in [2.24, 2.45) is 0 Å². The van der Waals surface area contributed by atoms with Gasteiger partial charge in [0, 0.05) is 19.3 Å². The van der Waals surface area contributed by atoms with Crippen LogP contribution in [-0.2, 0) is 28.6 Å². The van der Waals surface area contributed by atoms with E-state index in [0.29, 0.717) is 19.3 Å². The Morgan fingerprint density at radius 2 is 0.588 bits per heavy atom. The number of rotatable bonds is 51. The second kappa shape index (κ2) is 56.2. The maximum atomic E-state index is 12.8. The van der Waals surface area contributed by atoms with E-state index in [1.54, 1.807) is 0 Å². The van der Waals surface area contributed by atoms with E-state index in [4.69, 9.17) is 14.2 Å². The van der Waals surface area contributed by atoms with Crippen molar-refractivity contribution in [2.75, 3.05) is 13.2 Å². The van der Waals surface area contributed by atoms with Gasteiger partial charge in [0.25, 0.3) is 0 Å². The van der Waals surface area contributed by atoms with Gasteiger partial charge in [-0.1, -0.05) is 234 Å². The molecule has 0 saturated carbocycles. The Balaban J connectivity index is 4.50. The first kappa shape index (κ1) is 64.6. The van der Waals surface area contributed by atoms with Gasteiger partial charge in [0.15, 0.2) is 6.10 Å². The van der Waals surface area contributed by atoms with E-state index in [9.17, 15) is 14.4 Å². The van der Waals surface area contributed by atoms with Crippen molar-refractivity contribution >= 4 is 17.9 Å². The molecule has 68 heavy (non-hydrogen) atoms. The third-order valence-corrected chi connectivity index (χ3v) is 12.1. The summed E-state index contributed by atoms with van der Waals surface area (Å²) in [5, 5.41) is 0. The zero-order valence-corrected chi connectivity index (χ0v) is 44.6. The molecule has 1 unspecified atom stereocenters. The SMILES string of the molecule is CCCCC/C=C\C=C/CCCCCCCCC(=O)OCC(COC(=O)CCCCCCC/C=C\C=C/CCCCCCCCC)OC(=O)CCC/C=C\C/C=C\C/C=C\CCCCCCCC. The molecular formula is C62H106O6. The number of allylic oxidation sites excluding steroid dienone is 14. The first-order valence-electron chi connectivity index (χ1n) is 28.6. The smallest absolute Gasteiger partial charge is 0.306 e. The van der Waals surface area contributed by atoms with Crippen molar-refractivity contribution in [1.29, 1.82) is 0 Å². The molecule has 0 spiro atoms. The molecule has 0 aromatic heterocycles. The van der Waals surface area contributed by atoms with Gasteiger partial charge in [-0.25, -0.2) is 0 Å². The number of hydrogen-bond donors (Lipinski definition) is 0. The third-order valence-electron chi connectivity index (χ3n) is 12.1. The number of unbranched alkanes of at least 4 members (excludes halogenated alkanes) is 28. The molecule has 0 bridgehead atoms. The van der Waals surface area contributed by atoms with Crippen molar-refractivity contribution in [2.45, 2.75) is 277 Å². The number of esters is 3. The van der Waals surface area contributed by atoms with Crippen LogP contribution in [0.4, 0.5) is 0 Å². The zero-order valence-electron chi connectivity index (χ0n) is 44.6. The number of ether oxygens (including phenoxy) is 3. The van der Waals surface area contributed by atoms with Crippen LogP contribution in [0.5, 0.6) is 0 Å². The van der Waals surface area contributed by atoms with Gasteiger partial charge in [-0.2, -0.15) is 0 Å². The van der Waals surface area contributed by atoms with Crippen molar-refractivity contribution in [3.8, 4) is 0 Å². The number of hydrogen-bond acceptors (Lipinski definition) is 6. The minimum Gasteiger partial charge on any atom is -0.462 e. The van der Waals surface area contributed by atoms with Gasteiger partial charge in [0.2, 0.25) is 0 Å². The molecule has 390 valence electrons. The quantitative estimate of drug-likeness (QED) is 0.0199. The molecule has 0 heterocycles. The zero-order chi connectivity index (χ0) is 49.3. The van der Waals surface area contributed by atoms with E-state index >= 15 is 0 Å².